The Morgan fingerprint density at radius 2 is 1.75 bits per heavy atom. The summed E-state index contributed by atoms with van der Waals surface area (Å²) in [6.45, 7) is 0. The van der Waals surface area contributed by atoms with E-state index in [9.17, 15) is 18.3 Å². The Morgan fingerprint density at radius 1 is 1.04 bits per heavy atom. The lowest BCUT2D eigenvalue weighted by Gasteiger charge is -2.09. The summed E-state index contributed by atoms with van der Waals surface area (Å²) >= 11 is 1.01. The minimum absolute atomic E-state index is 0.0353. The van der Waals surface area contributed by atoms with Gasteiger partial charge in [0.1, 0.15) is 34.1 Å². The van der Waals surface area contributed by atoms with Crippen LogP contribution in [0.3, 0.4) is 0 Å². The molecule has 3 aromatic rings. The van der Waals surface area contributed by atoms with Crippen molar-refractivity contribution in [1.82, 2.24) is 4.98 Å². The first kappa shape index (κ1) is 16.1. The number of nitriles is 1. The summed E-state index contributed by atoms with van der Waals surface area (Å²) in [6.07, 6.45) is 0. The maximum Gasteiger partial charge on any atom is 0.230 e. The fourth-order valence-electron chi connectivity index (χ4n) is 2.26. The largest absolute Gasteiger partial charge is 0.492 e. The van der Waals surface area contributed by atoms with Crippen LogP contribution in [0.15, 0.2) is 41.4 Å². The van der Waals surface area contributed by atoms with Crippen molar-refractivity contribution in [3.8, 4) is 11.9 Å². The monoisotopic (exact) mass is 346 g/mol. The van der Waals surface area contributed by atoms with Gasteiger partial charge in [0.25, 0.3) is 0 Å². The van der Waals surface area contributed by atoms with Gasteiger partial charge in [0.2, 0.25) is 5.88 Å². The maximum atomic E-state index is 13.7. The van der Waals surface area contributed by atoms with E-state index >= 15 is 0 Å². The summed E-state index contributed by atoms with van der Waals surface area (Å²) in [6, 6.07) is 8.65. The molecule has 0 aliphatic heterocycles. The smallest absolute Gasteiger partial charge is 0.230 e. The van der Waals surface area contributed by atoms with E-state index in [1.165, 1.54) is 18.2 Å². The Labute approximate surface area is 139 Å². The van der Waals surface area contributed by atoms with Crippen molar-refractivity contribution < 1.29 is 18.3 Å². The van der Waals surface area contributed by atoms with E-state index in [-0.39, 0.29) is 21.9 Å². The average Bonchev–Trinajstić information content (AvgIpc) is 2.56. The lowest BCUT2D eigenvalue weighted by atomic mass is 10.1. The molecular formula is C17H9F3N2OS. The van der Waals surface area contributed by atoms with E-state index in [1.54, 1.807) is 0 Å². The number of fused-ring (bicyclic) bond motifs is 1. The zero-order valence-corrected chi connectivity index (χ0v) is 12.9. The van der Waals surface area contributed by atoms with Crippen molar-refractivity contribution >= 4 is 22.5 Å². The summed E-state index contributed by atoms with van der Waals surface area (Å²) in [7, 11) is 0. The molecule has 7 heteroatoms. The number of halogens is 3. The van der Waals surface area contributed by atoms with Crippen molar-refractivity contribution in [3.63, 3.8) is 0 Å². The summed E-state index contributed by atoms with van der Waals surface area (Å²) in [4.78, 5) is 3.89. The molecular weight excluding hydrogens is 337 g/mol. The highest BCUT2D eigenvalue weighted by Crippen LogP contribution is 2.34. The Bertz CT molecular complexity index is 986. The molecule has 3 nitrogen and oxygen atoms in total. The predicted octanol–water partition coefficient (Wildman–Crippen LogP) is 4.52. The molecule has 0 bridgehead atoms. The molecule has 0 saturated heterocycles. The number of rotatable bonds is 3. The van der Waals surface area contributed by atoms with Crippen LogP contribution in [0.4, 0.5) is 13.2 Å². The molecule has 0 spiro atoms. The third-order valence-electron chi connectivity index (χ3n) is 3.40. The predicted molar refractivity (Wildman–Crippen MR) is 84.0 cm³/mol. The molecule has 120 valence electrons. The quantitative estimate of drug-likeness (QED) is 0.708. The minimum Gasteiger partial charge on any atom is -0.492 e. The van der Waals surface area contributed by atoms with Gasteiger partial charge < -0.3 is 5.11 Å². The van der Waals surface area contributed by atoms with Crippen LogP contribution in [0, 0.1) is 28.8 Å². The fourth-order valence-corrected chi connectivity index (χ4v) is 3.25. The van der Waals surface area contributed by atoms with Crippen molar-refractivity contribution in [2.45, 2.75) is 10.8 Å². The van der Waals surface area contributed by atoms with Crippen LogP contribution < -0.4 is 0 Å². The number of aromatic nitrogens is 1. The lowest BCUT2D eigenvalue weighted by Crippen LogP contribution is -1.93. The van der Waals surface area contributed by atoms with E-state index in [4.69, 9.17) is 5.26 Å². The van der Waals surface area contributed by atoms with Gasteiger partial charge in [-0.1, -0.05) is 0 Å². The first-order valence-electron chi connectivity index (χ1n) is 6.78. The molecule has 0 fully saturated rings. The van der Waals surface area contributed by atoms with Crippen LogP contribution in [0.5, 0.6) is 5.88 Å². The molecule has 0 aliphatic carbocycles. The van der Waals surface area contributed by atoms with Gasteiger partial charge in [-0.25, -0.2) is 18.2 Å². The molecule has 0 unspecified atom stereocenters. The third kappa shape index (κ3) is 3.01. The number of aromatic hydroxyl groups is 1. The lowest BCUT2D eigenvalue weighted by molar-refractivity contribution is 0.448. The van der Waals surface area contributed by atoms with E-state index in [1.807, 2.05) is 6.07 Å². The Morgan fingerprint density at radius 3 is 2.50 bits per heavy atom. The zero-order chi connectivity index (χ0) is 17.3. The Hall–Kier alpha value is -2.72. The summed E-state index contributed by atoms with van der Waals surface area (Å²) in [5, 5.41) is 19.9. The number of thioether (sulfide) groups is 1. The minimum atomic E-state index is -0.572. The van der Waals surface area contributed by atoms with Crippen LogP contribution >= 0.6 is 11.8 Å². The van der Waals surface area contributed by atoms with Gasteiger partial charge >= 0.3 is 0 Å². The highest BCUT2D eigenvalue weighted by molar-refractivity contribution is 7.98. The van der Waals surface area contributed by atoms with Crippen molar-refractivity contribution in [3.05, 3.63) is 65.0 Å². The van der Waals surface area contributed by atoms with Crippen molar-refractivity contribution in [2.75, 3.05) is 0 Å². The average molecular weight is 346 g/mol. The SMILES string of the molecule is N#Cc1c(O)nc(SCc2cc(F)ccc2F)c2cc(F)ccc12. The van der Waals surface area contributed by atoms with Gasteiger partial charge in [-0.2, -0.15) is 5.26 Å². The Balaban J connectivity index is 2.05. The van der Waals surface area contributed by atoms with Gasteiger partial charge in [0, 0.05) is 22.1 Å². The highest BCUT2D eigenvalue weighted by atomic mass is 32.2. The highest BCUT2D eigenvalue weighted by Gasteiger charge is 2.15. The zero-order valence-electron chi connectivity index (χ0n) is 12.1. The van der Waals surface area contributed by atoms with Gasteiger partial charge in [0.15, 0.2) is 0 Å². The summed E-state index contributed by atoms with van der Waals surface area (Å²) < 4.78 is 40.5. The standard InChI is InChI=1S/C17H9F3N2OS/c18-10-2-4-15(20)9(5-10)8-24-17-13-6-11(19)1-3-12(13)14(7-21)16(23)22-17/h1-6H,8H2,(H,22,23). The van der Waals surface area contributed by atoms with Gasteiger partial charge in [-0.15, -0.1) is 11.8 Å². The third-order valence-corrected chi connectivity index (χ3v) is 4.44. The first-order valence-corrected chi connectivity index (χ1v) is 7.77. The second-order valence-corrected chi connectivity index (χ2v) is 5.91. The molecule has 2 aromatic carbocycles. The molecule has 0 radical (unpaired) electrons. The van der Waals surface area contributed by atoms with Crippen molar-refractivity contribution in [1.29, 1.82) is 5.26 Å². The summed E-state index contributed by atoms with van der Waals surface area (Å²) in [5.74, 6) is -2.12. The van der Waals surface area contributed by atoms with Crippen LogP contribution in [-0.4, -0.2) is 10.1 Å². The molecule has 1 heterocycles. The topological polar surface area (TPSA) is 56.9 Å². The van der Waals surface area contributed by atoms with Gasteiger partial charge in [0.05, 0.1) is 0 Å². The first-order chi connectivity index (χ1) is 11.5. The van der Waals surface area contributed by atoms with Gasteiger partial charge in [-0.05, 0) is 36.4 Å². The molecule has 0 aliphatic rings. The normalized spacial score (nSPS) is 10.8. The second-order valence-electron chi connectivity index (χ2n) is 4.94. The number of hydrogen-bond donors (Lipinski definition) is 1. The van der Waals surface area contributed by atoms with E-state index < -0.39 is 23.3 Å². The number of benzene rings is 2. The van der Waals surface area contributed by atoms with Crippen molar-refractivity contribution in [2.24, 2.45) is 0 Å². The summed E-state index contributed by atoms with van der Waals surface area (Å²) in [5.41, 5.74) is 0.0569. The Kier molecular flexibility index (Phi) is 4.32. The number of pyridine rings is 1. The fraction of sp³-hybridized carbons (Fsp3) is 0.0588. The van der Waals surface area contributed by atoms with E-state index in [2.05, 4.69) is 4.98 Å². The van der Waals surface area contributed by atoms with Gasteiger partial charge in [-0.3, -0.25) is 0 Å². The second kappa shape index (κ2) is 6.42. The molecule has 0 atom stereocenters. The molecule has 1 aromatic heterocycles. The van der Waals surface area contributed by atoms with E-state index in [0.29, 0.717) is 10.8 Å². The van der Waals surface area contributed by atoms with Crippen LogP contribution in [0.1, 0.15) is 11.1 Å². The van der Waals surface area contributed by atoms with Crippen LogP contribution in [0.25, 0.3) is 10.8 Å². The molecule has 0 amide bonds. The number of nitrogens with zero attached hydrogens (tertiary/aromatic N) is 2. The molecule has 1 N–H and O–H groups in total. The van der Waals surface area contributed by atoms with Crippen LogP contribution in [0.2, 0.25) is 0 Å². The number of hydrogen-bond acceptors (Lipinski definition) is 4. The van der Waals surface area contributed by atoms with E-state index in [0.717, 1.165) is 30.0 Å². The maximum absolute atomic E-state index is 13.7. The molecule has 0 saturated carbocycles. The molecule has 3 rings (SSSR count). The van der Waals surface area contributed by atoms with Crippen LogP contribution in [-0.2, 0) is 5.75 Å². The molecule has 24 heavy (non-hydrogen) atoms.